The molecule has 2 rings (SSSR count). The van der Waals surface area contributed by atoms with Crippen LogP contribution in [0.3, 0.4) is 0 Å². The molecule has 0 aliphatic rings. The molecule has 1 aromatic carbocycles. The lowest BCUT2D eigenvalue weighted by atomic mass is 10.2. The fraction of sp³-hybridized carbons (Fsp3) is 0.154. The van der Waals surface area contributed by atoms with Crippen molar-refractivity contribution in [2.24, 2.45) is 0 Å². The van der Waals surface area contributed by atoms with Gasteiger partial charge in [0.15, 0.2) is 0 Å². The zero-order valence-corrected chi connectivity index (χ0v) is 10.6. The summed E-state index contributed by atoms with van der Waals surface area (Å²) < 4.78 is 6.76. The second kappa shape index (κ2) is 5.12. The standard InChI is InChI=1S/C13H12BrNO/c1-10-8-11(14)5-6-13(10)16-9-12-4-2-3-7-15-12/h2-8H,9H2,1H3. The SMILES string of the molecule is Cc1cc(Br)ccc1OCc1ccccn1. The fourth-order valence-corrected chi connectivity index (χ4v) is 1.89. The smallest absolute Gasteiger partial charge is 0.130 e. The van der Waals surface area contributed by atoms with E-state index < -0.39 is 0 Å². The second-order valence-corrected chi connectivity index (χ2v) is 4.44. The first-order valence-corrected chi connectivity index (χ1v) is 5.84. The number of rotatable bonds is 3. The Hall–Kier alpha value is -1.35. The average Bonchev–Trinajstić information content (AvgIpc) is 2.29. The van der Waals surface area contributed by atoms with E-state index in [0.717, 1.165) is 21.5 Å². The second-order valence-electron chi connectivity index (χ2n) is 3.52. The Kier molecular flexibility index (Phi) is 3.57. The minimum Gasteiger partial charge on any atom is -0.487 e. The maximum atomic E-state index is 5.69. The molecule has 0 saturated carbocycles. The lowest BCUT2D eigenvalue weighted by molar-refractivity contribution is 0.299. The number of pyridine rings is 1. The fourth-order valence-electron chi connectivity index (χ4n) is 1.41. The molecule has 82 valence electrons. The molecule has 0 aliphatic carbocycles. The summed E-state index contributed by atoms with van der Waals surface area (Å²) >= 11 is 3.42. The van der Waals surface area contributed by atoms with Gasteiger partial charge in [-0.25, -0.2) is 0 Å². The lowest BCUT2D eigenvalue weighted by Crippen LogP contribution is -1.98. The first kappa shape index (κ1) is 11.1. The minimum atomic E-state index is 0.503. The molecule has 0 N–H and O–H groups in total. The third-order valence-electron chi connectivity index (χ3n) is 2.24. The summed E-state index contributed by atoms with van der Waals surface area (Å²) in [6, 6.07) is 11.8. The number of hydrogen-bond acceptors (Lipinski definition) is 2. The van der Waals surface area contributed by atoms with E-state index in [2.05, 4.69) is 20.9 Å². The molecule has 0 spiro atoms. The van der Waals surface area contributed by atoms with Crippen molar-refractivity contribution in [2.75, 3.05) is 0 Å². The van der Waals surface area contributed by atoms with Crippen molar-refractivity contribution < 1.29 is 4.74 Å². The summed E-state index contributed by atoms with van der Waals surface area (Å²) in [4.78, 5) is 4.21. The Balaban J connectivity index is 2.05. The molecular formula is C13H12BrNO. The summed E-state index contributed by atoms with van der Waals surface area (Å²) in [7, 11) is 0. The van der Waals surface area contributed by atoms with E-state index in [0.29, 0.717) is 6.61 Å². The van der Waals surface area contributed by atoms with Gasteiger partial charge in [0.05, 0.1) is 5.69 Å². The van der Waals surface area contributed by atoms with Gasteiger partial charge in [-0.05, 0) is 42.8 Å². The van der Waals surface area contributed by atoms with E-state index in [1.807, 2.05) is 43.3 Å². The van der Waals surface area contributed by atoms with E-state index in [9.17, 15) is 0 Å². The van der Waals surface area contributed by atoms with Crippen LogP contribution in [0.2, 0.25) is 0 Å². The molecule has 0 bridgehead atoms. The Morgan fingerprint density at radius 3 is 2.81 bits per heavy atom. The summed E-state index contributed by atoms with van der Waals surface area (Å²) in [5.74, 6) is 0.897. The number of benzene rings is 1. The largest absolute Gasteiger partial charge is 0.487 e. The Bertz CT molecular complexity index is 471. The van der Waals surface area contributed by atoms with Crippen LogP contribution in [0.25, 0.3) is 0 Å². The number of aromatic nitrogens is 1. The molecule has 1 heterocycles. The summed E-state index contributed by atoms with van der Waals surface area (Å²) in [5.41, 5.74) is 2.05. The van der Waals surface area contributed by atoms with Crippen LogP contribution in [0.4, 0.5) is 0 Å². The molecule has 2 aromatic rings. The van der Waals surface area contributed by atoms with Gasteiger partial charge >= 0.3 is 0 Å². The summed E-state index contributed by atoms with van der Waals surface area (Å²) in [6.07, 6.45) is 1.77. The zero-order chi connectivity index (χ0) is 11.4. The van der Waals surface area contributed by atoms with Crippen LogP contribution in [0.1, 0.15) is 11.3 Å². The maximum absolute atomic E-state index is 5.69. The number of aryl methyl sites for hydroxylation is 1. The van der Waals surface area contributed by atoms with Crippen molar-refractivity contribution in [1.82, 2.24) is 4.98 Å². The van der Waals surface area contributed by atoms with Gasteiger partial charge in [-0.1, -0.05) is 22.0 Å². The number of halogens is 1. The molecule has 0 aliphatic heterocycles. The molecule has 0 atom stereocenters. The molecule has 0 saturated heterocycles. The number of hydrogen-bond donors (Lipinski definition) is 0. The highest BCUT2D eigenvalue weighted by Crippen LogP contribution is 2.22. The van der Waals surface area contributed by atoms with Crippen molar-refractivity contribution >= 4 is 15.9 Å². The van der Waals surface area contributed by atoms with Crippen molar-refractivity contribution in [3.05, 3.63) is 58.3 Å². The number of nitrogens with zero attached hydrogens (tertiary/aromatic N) is 1. The van der Waals surface area contributed by atoms with Crippen LogP contribution < -0.4 is 4.74 Å². The monoisotopic (exact) mass is 277 g/mol. The van der Waals surface area contributed by atoms with Crippen molar-refractivity contribution in [3.63, 3.8) is 0 Å². The highest BCUT2D eigenvalue weighted by Gasteiger charge is 2.00. The van der Waals surface area contributed by atoms with Gasteiger partial charge in [0.1, 0.15) is 12.4 Å². The molecule has 16 heavy (non-hydrogen) atoms. The molecule has 0 unspecified atom stereocenters. The summed E-state index contributed by atoms with van der Waals surface area (Å²) in [5, 5.41) is 0. The van der Waals surface area contributed by atoms with Crippen LogP contribution in [-0.4, -0.2) is 4.98 Å². The predicted molar refractivity (Wildman–Crippen MR) is 67.4 cm³/mol. The van der Waals surface area contributed by atoms with Gasteiger partial charge in [-0.2, -0.15) is 0 Å². The average molecular weight is 278 g/mol. The maximum Gasteiger partial charge on any atom is 0.130 e. The topological polar surface area (TPSA) is 22.1 Å². The highest BCUT2D eigenvalue weighted by atomic mass is 79.9. The van der Waals surface area contributed by atoms with Crippen LogP contribution in [-0.2, 0) is 6.61 Å². The van der Waals surface area contributed by atoms with Gasteiger partial charge < -0.3 is 4.74 Å². The van der Waals surface area contributed by atoms with Crippen LogP contribution in [0, 0.1) is 6.92 Å². The van der Waals surface area contributed by atoms with Crippen molar-refractivity contribution in [2.45, 2.75) is 13.5 Å². The highest BCUT2D eigenvalue weighted by molar-refractivity contribution is 9.10. The Labute approximate surface area is 103 Å². The molecule has 1 aromatic heterocycles. The van der Waals surface area contributed by atoms with Crippen molar-refractivity contribution in [1.29, 1.82) is 0 Å². The van der Waals surface area contributed by atoms with Crippen LogP contribution in [0.5, 0.6) is 5.75 Å². The third kappa shape index (κ3) is 2.83. The molecule has 0 radical (unpaired) electrons. The van der Waals surface area contributed by atoms with E-state index in [1.165, 1.54) is 0 Å². The van der Waals surface area contributed by atoms with Crippen molar-refractivity contribution in [3.8, 4) is 5.75 Å². The van der Waals surface area contributed by atoms with Gasteiger partial charge in [-0.15, -0.1) is 0 Å². The molecule has 0 amide bonds. The van der Waals surface area contributed by atoms with Gasteiger partial charge in [0.2, 0.25) is 0 Å². The third-order valence-corrected chi connectivity index (χ3v) is 2.73. The van der Waals surface area contributed by atoms with E-state index in [1.54, 1.807) is 6.20 Å². The Morgan fingerprint density at radius 1 is 1.25 bits per heavy atom. The molecular weight excluding hydrogens is 266 g/mol. The lowest BCUT2D eigenvalue weighted by Gasteiger charge is -2.08. The molecule has 2 nitrogen and oxygen atoms in total. The van der Waals surface area contributed by atoms with E-state index in [-0.39, 0.29) is 0 Å². The Morgan fingerprint density at radius 2 is 2.12 bits per heavy atom. The molecule has 0 fully saturated rings. The normalized spacial score (nSPS) is 10.1. The van der Waals surface area contributed by atoms with Gasteiger partial charge in [0, 0.05) is 10.7 Å². The van der Waals surface area contributed by atoms with Crippen LogP contribution >= 0.6 is 15.9 Å². The summed E-state index contributed by atoms with van der Waals surface area (Å²) in [6.45, 7) is 2.53. The van der Waals surface area contributed by atoms with E-state index >= 15 is 0 Å². The minimum absolute atomic E-state index is 0.503. The molecule has 3 heteroatoms. The first-order chi connectivity index (χ1) is 7.75. The first-order valence-electron chi connectivity index (χ1n) is 5.04. The predicted octanol–water partition coefficient (Wildman–Crippen LogP) is 3.73. The quantitative estimate of drug-likeness (QED) is 0.853. The van der Waals surface area contributed by atoms with E-state index in [4.69, 9.17) is 4.74 Å². The van der Waals surface area contributed by atoms with Gasteiger partial charge in [-0.3, -0.25) is 4.98 Å². The zero-order valence-electron chi connectivity index (χ0n) is 8.98. The van der Waals surface area contributed by atoms with Crippen LogP contribution in [0.15, 0.2) is 47.1 Å². The van der Waals surface area contributed by atoms with Gasteiger partial charge in [0.25, 0.3) is 0 Å². The number of ether oxygens (including phenoxy) is 1.